The van der Waals surface area contributed by atoms with Gasteiger partial charge < -0.3 is 14.9 Å². The Kier molecular flexibility index (Phi) is 4.18. The summed E-state index contributed by atoms with van der Waals surface area (Å²) >= 11 is 1.07. The van der Waals surface area contributed by atoms with Crippen LogP contribution in [-0.2, 0) is 0 Å². The van der Waals surface area contributed by atoms with Crippen LogP contribution in [0.3, 0.4) is 0 Å². The molecule has 0 aromatic carbocycles. The summed E-state index contributed by atoms with van der Waals surface area (Å²) in [5.41, 5.74) is 2.73. The highest BCUT2D eigenvalue weighted by Gasteiger charge is 2.29. The topological polar surface area (TPSA) is 118 Å². The lowest BCUT2D eigenvalue weighted by Crippen LogP contribution is -2.27. The van der Waals surface area contributed by atoms with Crippen molar-refractivity contribution < 1.29 is 19.2 Å². The number of aromatic carboxylic acids is 1. The number of hydrogen-bond donors (Lipinski definition) is 2. The second-order valence-corrected chi connectivity index (χ2v) is 7.81. The summed E-state index contributed by atoms with van der Waals surface area (Å²) in [6.07, 6.45) is 2.11. The molecular formula is C18H18N4O4S. The van der Waals surface area contributed by atoms with Gasteiger partial charge >= 0.3 is 5.97 Å². The molecule has 3 aromatic rings. The number of pyridine rings is 1. The van der Waals surface area contributed by atoms with Crippen LogP contribution in [-0.4, -0.2) is 32.1 Å². The number of aryl methyl sites for hydroxylation is 2. The van der Waals surface area contributed by atoms with Crippen LogP contribution in [0.25, 0.3) is 11.1 Å². The number of hydrogen-bond acceptors (Lipinski definition) is 7. The molecule has 1 aliphatic rings. The third kappa shape index (κ3) is 3.18. The van der Waals surface area contributed by atoms with Gasteiger partial charge in [-0.2, -0.15) is 0 Å². The molecule has 0 radical (unpaired) electrons. The fourth-order valence-corrected chi connectivity index (χ4v) is 3.93. The van der Waals surface area contributed by atoms with Crippen LogP contribution in [0.5, 0.6) is 0 Å². The maximum atomic E-state index is 13.0. The van der Waals surface area contributed by atoms with Crippen LogP contribution in [0.4, 0.5) is 0 Å². The molecular weight excluding hydrogens is 368 g/mol. The molecule has 1 amide bonds. The lowest BCUT2D eigenvalue weighted by molar-refractivity contribution is 0.0701. The van der Waals surface area contributed by atoms with Crippen LogP contribution in [0.15, 0.2) is 10.6 Å². The number of nitrogens with one attached hydrogen (secondary N) is 1. The Morgan fingerprint density at radius 2 is 2.04 bits per heavy atom. The zero-order valence-electron chi connectivity index (χ0n) is 15.1. The van der Waals surface area contributed by atoms with E-state index in [2.05, 4.69) is 20.4 Å². The lowest BCUT2D eigenvalue weighted by atomic mass is 10.1. The summed E-state index contributed by atoms with van der Waals surface area (Å²) in [5, 5.41) is 17.2. The van der Waals surface area contributed by atoms with Crippen molar-refractivity contribution in [2.45, 2.75) is 45.6 Å². The molecule has 2 N–H and O–H groups in total. The number of carboxylic acids is 1. The van der Waals surface area contributed by atoms with Crippen LogP contribution in [0, 0.1) is 13.8 Å². The molecule has 4 rings (SSSR count). The third-order valence-electron chi connectivity index (χ3n) is 4.60. The SMILES string of the molecule is Cc1nc(C(C)NC(=O)c2cc(C3CC3)nc3onc(C)c23)sc1C(=O)O. The third-order valence-corrected chi connectivity index (χ3v) is 5.93. The Morgan fingerprint density at radius 1 is 1.30 bits per heavy atom. The fourth-order valence-electron chi connectivity index (χ4n) is 3.02. The number of aromatic nitrogens is 3. The van der Waals surface area contributed by atoms with Gasteiger partial charge in [-0.25, -0.2) is 14.8 Å². The van der Waals surface area contributed by atoms with Gasteiger partial charge in [-0.3, -0.25) is 4.79 Å². The molecule has 3 aromatic heterocycles. The minimum atomic E-state index is -1.01. The number of fused-ring (bicyclic) bond motifs is 1. The van der Waals surface area contributed by atoms with E-state index >= 15 is 0 Å². The maximum absolute atomic E-state index is 13.0. The minimum absolute atomic E-state index is 0.184. The van der Waals surface area contributed by atoms with E-state index in [1.165, 1.54) is 0 Å². The van der Waals surface area contributed by atoms with Crippen LogP contribution < -0.4 is 5.32 Å². The number of rotatable bonds is 5. The Hall–Kier alpha value is -2.81. The van der Waals surface area contributed by atoms with Gasteiger partial charge in [0.05, 0.1) is 28.4 Å². The number of nitrogens with zero attached hydrogens (tertiary/aromatic N) is 3. The summed E-state index contributed by atoms with van der Waals surface area (Å²) < 4.78 is 5.28. The van der Waals surface area contributed by atoms with E-state index in [4.69, 9.17) is 4.52 Å². The Bertz CT molecular complexity index is 1070. The number of carbonyl (C=O) groups excluding carboxylic acids is 1. The predicted octanol–water partition coefficient (Wildman–Crippen LogP) is 3.36. The minimum Gasteiger partial charge on any atom is -0.477 e. The monoisotopic (exact) mass is 386 g/mol. The molecule has 0 saturated heterocycles. The maximum Gasteiger partial charge on any atom is 0.347 e. The highest BCUT2D eigenvalue weighted by molar-refractivity contribution is 7.13. The Balaban J connectivity index is 1.65. The van der Waals surface area contributed by atoms with E-state index in [0.717, 1.165) is 29.9 Å². The highest BCUT2D eigenvalue weighted by Crippen LogP contribution is 2.40. The van der Waals surface area contributed by atoms with E-state index in [-0.39, 0.29) is 10.8 Å². The van der Waals surface area contributed by atoms with Crippen LogP contribution in [0.1, 0.15) is 73.8 Å². The van der Waals surface area contributed by atoms with Gasteiger partial charge in [0, 0.05) is 11.6 Å². The quantitative estimate of drug-likeness (QED) is 0.690. The van der Waals surface area contributed by atoms with Gasteiger partial charge in [0.15, 0.2) is 0 Å². The molecule has 9 heteroatoms. The smallest absolute Gasteiger partial charge is 0.347 e. The Morgan fingerprint density at radius 3 is 2.67 bits per heavy atom. The lowest BCUT2D eigenvalue weighted by Gasteiger charge is -2.12. The van der Waals surface area contributed by atoms with E-state index in [1.54, 1.807) is 20.8 Å². The molecule has 1 unspecified atom stereocenters. The second kappa shape index (κ2) is 6.41. The van der Waals surface area contributed by atoms with Crippen molar-refractivity contribution in [3.63, 3.8) is 0 Å². The van der Waals surface area contributed by atoms with Crippen molar-refractivity contribution in [1.82, 2.24) is 20.4 Å². The molecule has 1 fully saturated rings. The van der Waals surface area contributed by atoms with Crippen molar-refractivity contribution in [3.8, 4) is 0 Å². The molecule has 0 bridgehead atoms. The van der Waals surface area contributed by atoms with E-state index in [9.17, 15) is 14.7 Å². The fraction of sp³-hybridized carbons (Fsp3) is 0.389. The van der Waals surface area contributed by atoms with Crippen molar-refractivity contribution in [1.29, 1.82) is 0 Å². The van der Waals surface area contributed by atoms with Gasteiger partial charge in [0.1, 0.15) is 9.88 Å². The number of carboxylic acid groups (broad SMARTS) is 1. The molecule has 27 heavy (non-hydrogen) atoms. The normalized spacial score (nSPS) is 15.1. The molecule has 1 saturated carbocycles. The number of amides is 1. The zero-order valence-corrected chi connectivity index (χ0v) is 15.9. The average Bonchev–Trinajstić information content (AvgIpc) is 3.30. The summed E-state index contributed by atoms with van der Waals surface area (Å²) in [7, 11) is 0. The first-order chi connectivity index (χ1) is 12.8. The molecule has 1 aliphatic carbocycles. The van der Waals surface area contributed by atoms with Crippen molar-refractivity contribution >= 4 is 34.3 Å². The first-order valence-corrected chi connectivity index (χ1v) is 9.45. The predicted molar refractivity (Wildman–Crippen MR) is 98.2 cm³/mol. The van der Waals surface area contributed by atoms with Crippen LogP contribution in [0.2, 0.25) is 0 Å². The first kappa shape index (κ1) is 17.6. The van der Waals surface area contributed by atoms with Crippen LogP contribution >= 0.6 is 11.3 Å². The zero-order chi connectivity index (χ0) is 19.3. The van der Waals surface area contributed by atoms with Crippen molar-refractivity contribution in [2.75, 3.05) is 0 Å². The molecule has 8 nitrogen and oxygen atoms in total. The van der Waals surface area contributed by atoms with Crippen molar-refractivity contribution in [3.05, 3.63) is 38.6 Å². The Labute approximate surface area is 158 Å². The summed E-state index contributed by atoms with van der Waals surface area (Å²) in [5.74, 6) is -0.934. The second-order valence-electron chi connectivity index (χ2n) is 6.78. The molecule has 3 heterocycles. The van der Waals surface area contributed by atoms with E-state index in [1.807, 2.05) is 6.07 Å². The van der Waals surface area contributed by atoms with Gasteiger partial charge in [0.25, 0.3) is 11.6 Å². The van der Waals surface area contributed by atoms with Gasteiger partial charge in [-0.1, -0.05) is 5.16 Å². The first-order valence-electron chi connectivity index (χ1n) is 8.63. The summed E-state index contributed by atoms with van der Waals surface area (Å²) in [4.78, 5) is 33.1. The van der Waals surface area contributed by atoms with E-state index < -0.39 is 12.0 Å². The van der Waals surface area contributed by atoms with Gasteiger partial charge in [-0.05, 0) is 39.7 Å². The molecule has 0 aliphatic heterocycles. The van der Waals surface area contributed by atoms with Crippen molar-refractivity contribution in [2.24, 2.45) is 0 Å². The summed E-state index contributed by atoms with van der Waals surface area (Å²) in [6.45, 7) is 5.20. The van der Waals surface area contributed by atoms with E-state index in [0.29, 0.717) is 39.0 Å². The number of carbonyl (C=O) groups is 2. The number of thiazole rings is 1. The average molecular weight is 386 g/mol. The highest BCUT2D eigenvalue weighted by atomic mass is 32.1. The summed E-state index contributed by atoms with van der Waals surface area (Å²) in [6, 6.07) is 1.38. The molecule has 140 valence electrons. The van der Waals surface area contributed by atoms with Gasteiger partial charge in [0.2, 0.25) is 0 Å². The van der Waals surface area contributed by atoms with Gasteiger partial charge in [-0.15, -0.1) is 11.3 Å². The largest absolute Gasteiger partial charge is 0.477 e. The molecule has 0 spiro atoms. The standard InChI is InChI=1S/C18H18N4O4S/c1-7-13-11(6-12(10-4-5-10)21-16(13)26-22-7)15(23)19-9(3)17-20-8(2)14(27-17)18(24)25/h6,9-10H,4-5H2,1-3H3,(H,19,23)(H,24,25). The molecule has 1 atom stereocenters.